The molecule has 0 radical (unpaired) electrons. The number of imidazole rings is 1. The molecule has 5 heteroatoms. The third-order valence-corrected chi connectivity index (χ3v) is 3.24. The zero-order valence-corrected chi connectivity index (χ0v) is 9.78. The summed E-state index contributed by atoms with van der Waals surface area (Å²) in [6, 6.07) is 5.08. The van der Waals surface area contributed by atoms with Gasteiger partial charge in [-0.2, -0.15) is 0 Å². The number of anilines is 1. The van der Waals surface area contributed by atoms with Gasteiger partial charge in [0, 0.05) is 33.2 Å². The zero-order valence-electron chi connectivity index (χ0n) is 9.78. The topological polar surface area (TPSA) is 33.1 Å². The molecule has 4 nitrogen and oxygen atoms in total. The molecule has 1 aromatic carbocycles. The number of benzene rings is 1. The molecule has 90 valence electrons. The minimum absolute atomic E-state index is 0.250. The standard InChI is InChI=1S/C12H15FN4/c1-16-10-4-2-3-9(13)11(10)15-12(16)17-7-5-14-6-8-17/h2-4,14H,5-8H2,1H3. The van der Waals surface area contributed by atoms with Crippen LogP contribution in [-0.2, 0) is 7.05 Å². The first-order chi connectivity index (χ1) is 8.27. The molecule has 1 saturated heterocycles. The minimum atomic E-state index is -0.250. The largest absolute Gasteiger partial charge is 0.340 e. The van der Waals surface area contributed by atoms with Crippen LogP contribution in [0.5, 0.6) is 0 Å². The van der Waals surface area contributed by atoms with Crippen molar-refractivity contribution in [3.8, 4) is 0 Å². The molecule has 1 aliphatic rings. The van der Waals surface area contributed by atoms with Crippen molar-refractivity contribution in [1.29, 1.82) is 0 Å². The predicted molar refractivity (Wildman–Crippen MR) is 65.8 cm³/mol. The number of para-hydroxylation sites is 1. The van der Waals surface area contributed by atoms with Crippen LogP contribution in [0.25, 0.3) is 11.0 Å². The lowest BCUT2D eigenvalue weighted by atomic mass is 10.3. The molecule has 0 unspecified atom stereocenters. The zero-order chi connectivity index (χ0) is 11.8. The molecule has 1 fully saturated rings. The van der Waals surface area contributed by atoms with Gasteiger partial charge in [-0.1, -0.05) is 6.07 Å². The Morgan fingerprint density at radius 3 is 2.76 bits per heavy atom. The molecule has 0 spiro atoms. The number of rotatable bonds is 1. The highest BCUT2D eigenvalue weighted by atomic mass is 19.1. The number of aryl methyl sites for hydroxylation is 1. The summed E-state index contributed by atoms with van der Waals surface area (Å²) in [4.78, 5) is 6.61. The van der Waals surface area contributed by atoms with Crippen molar-refractivity contribution in [2.75, 3.05) is 31.1 Å². The molecule has 2 aromatic rings. The maximum atomic E-state index is 13.6. The Morgan fingerprint density at radius 1 is 1.29 bits per heavy atom. The van der Waals surface area contributed by atoms with Crippen LogP contribution < -0.4 is 10.2 Å². The number of hydrogen-bond acceptors (Lipinski definition) is 3. The summed E-state index contributed by atoms with van der Waals surface area (Å²) < 4.78 is 15.6. The van der Waals surface area contributed by atoms with Gasteiger partial charge in [-0.05, 0) is 12.1 Å². The Kier molecular flexibility index (Phi) is 2.48. The Balaban J connectivity index is 2.10. The Morgan fingerprint density at radius 2 is 2.06 bits per heavy atom. The van der Waals surface area contributed by atoms with Crippen LogP contribution in [0.1, 0.15) is 0 Å². The SMILES string of the molecule is Cn1c(N2CCNCC2)nc2c(F)cccc21. The lowest BCUT2D eigenvalue weighted by Gasteiger charge is -2.28. The summed E-state index contributed by atoms with van der Waals surface area (Å²) >= 11 is 0. The van der Waals surface area contributed by atoms with Gasteiger partial charge in [0.05, 0.1) is 5.52 Å². The fourth-order valence-corrected chi connectivity index (χ4v) is 2.32. The summed E-state index contributed by atoms with van der Waals surface area (Å²) in [5, 5.41) is 3.30. The molecule has 0 bridgehead atoms. The molecule has 0 amide bonds. The summed E-state index contributed by atoms with van der Waals surface area (Å²) in [6.45, 7) is 3.73. The van der Waals surface area contributed by atoms with Crippen molar-refractivity contribution in [3.05, 3.63) is 24.0 Å². The van der Waals surface area contributed by atoms with Crippen LogP contribution in [0.2, 0.25) is 0 Å². The van der Waals surface area contributed by atoms with Crippen molar-refractivity contribution in [1.82, 2.24) is 14.9 Å². The average molecular weight is 234 g/mol. The fourth-order valence-electron chi connectivity index (χ4n) is 2.32. The molecule has 0 atom stereocenters. The fraction of sp³-hybridized carbons (Fsp3) is 0.417. The lowest BCUT2D eigenvalue weighted by Crippen LogP contribution is -2.44. The molecule has 1 aliphatic heterocycles. The van der Waals surface area contributed by atoms with Gasteiger partial charge < -0.3 is 14.8 Å². The van der Waals surface area contributed by atoms with Crippen molar-refractivity contribution < 1.29 is 4.39 Å². The van der Waals surface area contributed by atoms with E-state index in [9.17, 15) is 4.39 Å². The van der Waals surface area contributed by atoms with E-state index >= 15 is 0 Å². The van der Waals surface area contributed by atoms with E-state index in [2.05, 4.69) is 15.2 Å². The van der Waals surface area contributed by atoms with Gasteiger partial charge in [-0.3, -0.25) is 0 Å². The smallest absolute Gasteiger partial charge is 0.206 e. The van der Waals surface area contributed by atoms with E-state index in [0.29, 0.717) is 5.52 Å². The van der Waals surface area contributed by atoms with E-state index in [1.165, 1.54) is 6.07 Å². The van der Waals surface area contributed by atoms with Gasteiger partial charge in [-0.15, -0.1) is 0 Å². The molecule has 2 heterocycles. The molecule has 3 rings (SSSR count). The summed E-state index contributed by atoms with van der Waals surface area (Å²) in [7, 11) is 1.94. The van der Waals surface area contributed by atoms with Crippen LogP contribution in [0.4, 0.5) is 10.3 Å². The quantitative estimate of drug-likeness (QED) is 0.802. The van der Waals surface area contributed by atoms with E-state index in [4.69, 9.17) is 0 Å². The maximum Gasteiger partial charge on any atom is 0.206 e. The average Bonchev–Trinajstić information content (AvgIpc) is 2.70. The third kappa shape index (κ3) is 1.67. The number of piperazine rings is 1. The highest BCUT2D eigenvalue weighted by molar-refractivity contribution is 5.79. The third-order valence-electron chi connectivity index (χ3n) is 3.24. The first-order valence-electron chi connectivity index (χ1n) is 5.84. The second kappa shape index (κ2) is 4.00. The Labute approximate surface area is 99.0 Å². The molecule has 1 aromatic heterocycles. The van der Waals surface area contributed by atoms with E-state index in [0.717, 1.165) is 37.6 Å². The molecular formula is C12H15FN4. The number of halogens is 1. The van der Waals surface area contributed by atoms with Gasteiger partial charge in [0.2, 0.25) is 5.95 Å². The first-order valence-corrected chi connectivity index (χ1v) is 5.84. The van der Waals surface area contributed by atoms with Crippen LogP contribution in [0.3, 0.4) is 0 Å². The second-order valence-electron chi connectivity index (χ2n) is 4.32. The van der Waals surface area contributed by atoms with Crippen molar-refractivity contribution in [3.63, 3.8) is 0 Å². The molecular weight excluding hydrogens is 219 g/mol. The van der Waals surface area contributed by atoms with Crippen molar-refractivity contribution in [2.24, 2.45) is 7.05 Å². The second-order valence-corrected chi connectivity index (χ2v) is 4.32. The highest BCUT2D eigenvalue weighted by Crippen LogP contribution is 2.23. The first kappa shape index (κ1) is 10.5. The monoisotopic (exact) mass is 234 g/mol. The predicted octanol–water partition coefficient (Wildman–Crippen LogP) is 1.12. The summed E-state index contributed by atoms with van der Waals surface area (Å²) in [5.41, 5.74) is 1.31. The van der Waals surface area contributed by atoms with Gasteiger partial charge in [-0.25, -0.2) is 9.37 Å². The van der Waals surface area contributed by atoms with Crippen molar-refractivity contribution in [2.45, 2.75) is 0 Å². The van der Waals surface area contributed by atoms with Gasteiger partial charge in [0.1, 0.15) is 5.52 Å². The van der Waals surface area contributed by atoms with E-state index in [1.54, 1.807) is 6.07 Å². The van der Waals surface area contributed by atoms with Gasteiger partial charge in [0.25, 0.3) is 0 Å². The minimum Gasteiger partial charge on any atom is -0.340 e. The number of hydrogen-bond donors (Lipinski definition) is 1. The summed E-state index contributed by atoms with van der Waals surface area (Å²) in [6.07, 6.45) is 0. The van der Waals surface area contributed by atoms with Crippen LogP contribution in [-0.4, -0.2) is 35.7 Å². The number of nitrogens with one attached hydrogen (secondary N) is 1. The number of nitrogens with zero attached hydrogens (tertiary/aromatic N) is 3. The Hall–Kier alpha value is -1.62. The van der Waals surface area contributed by atoms with E-state index < -0.39 is 0 Å². The normalized spacial score (nSPS) is 16.7. The maximum absolute atomic E-state index is 13.6. The Bertz CT molecular complexity index is 543. The van der Waals surface area contributed by atoms with Crippen LogP contribution in [0.15, 0.2) is 18.2 Å². The van der Waals surface area contributed by atoms with Gasteiger partial charge >= 0.3 is 0 Å². The van der Waals surface area contributed by atoms with E-state index in [1.807, 2.05) is 17.7 Å². The van der Waals surface area contributed by atoms with Gasteiger partial charge in [0.15, 0.2) is 5.82 Å². The molecule has 0 saturated carbocycles. The highest BCUT2D eigenvalue weighted by Gasteiger charge is 2.18. The van der Waals surface area contributed by atoms with Crippen LogP contribution in [0, 0.1) is 5.82 Å². The lowest BCUT2D eigenvalue weighted by molar-refractivity contribution is 0.575. The van der Waals surface area contributed by atoms with Crippen LogP contribution >= 0.6 is 0 Å². The molecule has 1 N–H and O–H groups in total. The number of aromatic nitrogens is 2. The van der Waals surface area contributed by atoms with E-state index in [-0.39, 0.29) is 5.82 Å². The molecule has 0 aliphatic carbocycles. The summed E-state index contributed by atoms with van der Waals surface area (Å²) in [5.74, 6) is 0.603. The molecule has 17 heavy (non-hydrogen) atoms. The van der Waals surface area contributed by atoms with Crippen molar-refractivity contribution >= 4 is 17.0 Å². The number of fused-ring (bicyclic) bond motifs is 1.